The number of aromatic nitrogens is 1. The van der Waals surface area contributed by atoms with Gasteiger partial charge in [-0.15, -0.1) is 11.3 Å². The minimum atomic E-state index is -1.22. The number of carbonyl (C=O) groups excluding carboxylic acids is 3. The van der Waals surface area contributed by atoms with Crippen LogP contribution in [0.25, 0.3) is 0 Å². The van der Waals surface area contributed by atoms with Gasteiger partial charge in [-0.3, -0.25) is 9.59 Å². The van der Waals surface area contributed by atoms with Crippen LogP contribution in [0.1, 0.15) is 33.2 Å². The number of carboxylic acid groups (broad SMARTS) is 1. The van der Waals surface area contributed by atoms with Crippen molar-refractivity contribution in [1.82, 2.24) is 15.2 Å². The minimum Gasteiger partial charge on any atom is -0.476 e. The highest BCUT2D eigenvalue weighted by molar-refractivity contribution is 7.14. The van der Waals surface area contributed by atoms with Gasteiger partial charge >= 0.3 is 12.0 Å². The van der Waals surface area contributed by atoms with Crippen LogP contribution in [-0.2, 0) is 16.0 Å². The van der Waals surface area contributed by atoms with E-state index in [0.29, 0.717) is 5.56 Å². The number of imide groups is 1. The van der Waals surface area contributed by atoms with Crippen molar-refractivity contribution in [2.75, 3.05) is 5.32 Å². The molecule has 10 heteroatoms. The number of nitrogens with zero attached hydrogens (tertiary/aromatic N) is 2. The number of urea groups is 1. The van der Waals surface area contributed by atoms with E-state index in [9.17, 15) is 19.2 Å². The van der Waals surface area contributed by atoms with Crippen molar-refractivity contribution in [2.45, 2.75) is 25.4 Å². The number of anilines is 1. The van der Waals surface area contributed by atoms with E-state index < -0.39 is 35.9 Å². The molecule has 0 spiro atoms. The lowest BCUT2D eigenvalue weighted by Crippen LogP contribution is -2.49. The van der Waals surface area contributed by atoms with Crippen LogP contribution in [0.3, 0.4) is 0 Å². The maximum Gasteiger partial charge on any atom is 0.355 e. The van der Waals surface area contributed by atoms with Crippen LogP contribution in [0.4, 0.5) is 9.93 Å². The summed E-state index contributed by atoms with van der Waals surface area (Å²) in [5, 5.41) is 15.6. The first-order valence-electron chi connectivity index (χ1n) is 10.1. The Morgan fingerprint density at radius 2 is 1.94 bits per heavy atom. The van der Waals surface area contributed by atoms with Crippen molar-refractivity contribution >= 4 is 40.3 Å². The first-order valence-corrected chi connectivity index (χ1v) is 10.9. The van der Waals surface area contributed by atoms with E-state index in [1.54, 1.807) is 36.4 Å². The Balaban J connectivity index is 1.63. The second-order valence-electron chi connectivity index (χ2n) is 7.54. The van der Waals surface area contributed by atoms with Crippen LogP contribution in [0.15, 0.2) is 60.0 Å². The topological polar surface area (TPSA) is 129 Å². The van der Waals surface area contributed by atoms with Crippen molar-refractivity contribution in [1.29, 1.82) is 0 Å². The van der Waals surface area contributed by atoms with Gasteiger partial charge in [0.15, 0.2) is 10.8 Å². The molecule has 9 nitrogen and oxygen atoms in total. The van der Waals surface area contributed by atoms with Crippen molar-refractivity contribution in [2.24, 2.45) is 0 Å². The molecule has 2 aromatic carbocycles. The normalized spacial score (nSPS) is 16.4. The largest absolute Gasteiger partial charge is 0.476 e. The van der Waals surface area contributed by atoms with Gasteiger partial charge in [-0.1, -0.05) is 60.2 Å². The molecule has 0 radical (unpaired) electrons. The molecular formula is C23H20N4O5S. The fourth-order valence-electron chi connectivity index (χ4n) is 3.62. The summed E-state index contributed by atoms with van der Waals surface area (Å²) in [6.45, 7) is 1.88. The molecule has 3 N–H and O–H groups in total. The van der Waals surface area contributed by atoms with E-state index in [-0.39, 0.29) is 17.2 Å². The molecule has 2 atom stereocenters. The van der Waals surface area contributed by atoms with Crippen LogP contribution < -0.4 is 10.6 Å². The number of thiazole rings is 1. The van der Waals surface area contributed by atoms with E-state index in [1.807, 2.05) is 25.1 Å². The van der Waals surface area contributed by atoms with Gasteiger partial charge in [0.1, 0.15) is 12.1 Å². The number of carbonyl (C=O) groups is 4. The van der Waals surface area contributed by atoms with Crippen molar-refractivity contribution < 1.29 is 24.3 Å². The highest BCUT2D eigenvalue weighted by Crippen LogP contribution is 2.26. The van der Waals surface area contributed by atoms with Gasteiger partial charge < -0.3 is 15.7 Å². The summed E-state index contributed by atoms with van der Waals surface area (Å²) in [5.74, 6) is -2.40. The third-order valence-electron chi connectivity index (χ3n) is 5.19. The van der Waals surface area contributed by atoms with Gasteiger partial charge in [-0.05, 0) is 18.1 Å². The molecular weight excluding hydrogens is 444 g/mol. The number of rotatable bonds is 7. The lowest BCUT2D eigenvalue weighted by Gasteiger charge is -2.24. The Morgan fingerprint density at radius 1 is 1.18 bits per heavy atom. The van der Waals surface area contributed by atoms with Crippen LogP contribution in [0.5, 0.6) is 0 Å². The third-order valence-corrected chi connectivity index (χ3v) is 5.94. The lowest BCUT2D eigenvalue weighted by atomic mass is 10.0. The maximum absolute atomic E-state index is 13.3. The van der Waals surface area contributed by atoms with Crippen LogP contribution in [-0.4, -0.2) is 44.8 Å². The summed E-state index contributed by atoms with van der Waals surface area (Å²) in [6.07, 6.45) is 0.0868. The first-order chi connectivity index (χ1) is 15.8. The summed E-state index contributed by atoms with van der Waals surface area (Å²) in [6, 6.07) is 13.5. The molecule has 3 aromatic rings. The fourth-order valence-corrected chi connectivity index (χ4v) is 4.31. The summed E-state index contributed by atoms with van der Waals surface area (Å²) in [4.78, 5) is 55.2. The van der Waals surface area contributed by atoms with Gasteiger partial charge in [-0.25, -0.2) is 19.5 Å². The molecule has 33 heavy (non-hydrogen) atoms. The number of benzene rings is 2. The molecule has 1 fully saturated rings. The average molecular weight is 465 g/mol. The molecule has 1 unspecified atom stereocenters. The quantitative estimate of drug-likeness (QED) is 0.461. The van der Waals surface area contributed by atoms with E-state index in [0.717, 1.165) is 27.4 Å². The zero-order valence-corrected chi connectivity index (χ0v) is 18.3. The number of aryl methyl sites for hydroxylation is 1. The SMILES string of the molecule is Cc1cccc(C2NC(=O)N([C@@H](Cc3ccccc3)C(=O)Nc3nc(C(=O)O)cs3)C2=O)c1. The average Bonchev–Trinajstić information content (AvgIpc) is 3.37. The number of hydrogen-bond donors (Lipinski definition) is 3. The Hall–Kier alpha value is -4.05. The smallest absolute Gasteiger partial charge is 0.355 e. The summed E-state index contributed by atoms with van der Waals surface area (Å²) < 4.78 is 0. The number of amides is 4. The predicted molar refractivity (Wildman–Crippen MR) is 121 cm³/mol. The second kappa shape index (κ2) is 9.21. The van der Waals surface area contributed by atoms with Gasteiger partial charge in [0, 0.05) is 11.8 Å². The van der Waals surface area contributed by atoms with Gasteiger partial charge in [0.2, 0.25) is 5.91 Å². The van der Waals surface area contributed by atoms with Crippen LogP contribution in [0.2, 0.25) is 0 Å². The molecule has 1 aliphatic heterocycles. The number of aromatic carboxylic acids is 1. The first kappa shape index (κ1) is 22.2. The van der Waals surface area contributed by atoms with E-state index in [1.165, 1.54) is 5.38 Å². The highest BCUT2D eigenvalue weighted by atomic mass is 32.1. The zero-order valence-electron chi connectivity index (χ0n) is 17.5. The highest BCUT2D eigenvalue weighted by Gasteiger charge is 2.45. The Labute approximate surface area is 193 Å². The van der Waals surface area contributed by atoms with Gasteiger partial charge in [0.25, 0.3) is 5.91 Å². The molecule has 0 bridgehead atoms. The number of nitrogens with one attached hydrogen (secondary N) is 2. The predicted octanol–water partition coefficient (Wildman–Crippen LogP) is 2.99. The molecule has 0 aliphatic carbocycles. The monoisotopic (exact) mass is 464 g/mol. The standard InChI is InChI=1S/C23H20N4O5S/c1-13-6-5-9-15(10-13)18-20(29)27(23(32)25-18)17(11-14-7-3-2-4-8-14)19(28)26-22-24-16(12-33-22)21(30)31/h2-10,12,17-18H,11H2,1H3,(H,25,32)(H,30,31)(H,24,26,28)/t17-,18?/m0/s1. The molecule has 1 saturated heterocycles. The van der Waals surface area contributed by atoms with Crippen molar-refractivity contribution in [3.63, 3.8) is 0 Å². The van der Waals surface area contributed by atoms with Crippen LogP contribution in [0, 0.1) is 6.92 Å². The molecule has 4 rings (SSSR count). The van der Waals surface area contributed by atoms with Gasteiger partial charge in [0.05, 0.1) is 0 Å². The summed E-state index contributed by atoms with van der Waals surface area (Å²) in [5.41, 5.74) is 2.11. The van der Waals surface area contributed by atoms with E-state index in [2.05, 4.69) is 15.6 Å². The molecule has 168 valence electrons. The van der Waals surface area contributed by atoms with Crippen molar-refractivity contribution in [3.8, 4) is 0 Å². The second-order valence-corrected chi connectivity index (χ2v) is 8.40. The molecule has 1 aliphatic rings. The number of hydrogen-bond acceptors (Lipinski definition) is 6. The zero-order chi connectivity index (χ0) is 23.5. The fraction of sp³-hybridized carbons (Fsp3) is 0.174. The Kier molecular flexibility index (Phi) is 6.18. The Morgan fingerprint density at radius 3 is 2.61 bits per heavy atom. The van der Waals surface area contributed by atoms with E-state index >= 15 is 0 Å². The molecule has 2 heterocycles. The van der Waals surface area contributed by atoms with Gasteiger partial charge in [-0.2, -0.15) is 0 Å². The maximum atomic E-state index is 13.3. The van der Waals surface area contributed by atoms with Crippen LogP contribution >= 0.6 is 11.3 Å². The molecule has 4 amide bonds. The molecule has 1 aromatic heterocycles. The van der Waals surface area contributed by atoms with Crippen molar-refractivity contribution in [3.05, 3.63) is 82.4 Å². The molecule has 0 saturated carbocycles. The third kappa shape index (κ3) is 4.75. The lowest BCUT2D eigenvalue weighted by molar-refractivity contribution is -0.134. The number of carboxylic acids is 1. The Bertz CT molecular complexity index is 1230. The summed E-state index contributed by atoms with van der Waals surface area (Å²) in [7, 11) is 0. The minimum absolute atomic E-state index is 0.0674. The summed E-state index contributed by atoms with van der Waals surface area (Å²) >= 11 is 0.945. The van der Waals surface area contributed by atoms with E-state index in [4.69, 9.17) is 5.11 Å².